The van der Waals surface area contributed by atoms with Crippen molar-refractivity contribution in [2.75, 3.05) is 0 Å². The molecule has 0 nitrogen and oxygen atoms in total. The van der Waals surface area contributed by atoms with Crippen molar-refractivity contribution in [3.63, 3.8) is 0 Å². The van der Waals surface area contributed by atoms with Gasteiger partial charge in [-0.2, -0.15) is 0 Å². The van der Waals surface area contributed by atoms with Gasteiger partial charge in [0.25, 0.3) is 0 Å². The highest BCUT2D eigenvalue weighted by atomic mass is 13.9. The third-order valence-corrected chi connectivity index (χ3v) is 1.47. The van der Waals surface area contributed by atoms with E-state index in [1.165, 1.54) is 11.1 Å². The lowest BCUT2D eigenvalue weighted by Crippen LogP contribution is -1.73. The molecular formula is C11H12. The van der Waals surface area contributed by atoms with E-state index in [4.69, 9.17) is 0 Å². The largest absolute Gasteiger partial charge is 0.0991 e. The van der Waals surface area contributed by atoms with Crippen LogP contribution in [0.2, 0.25) is 0 Å². The van der Waals surface area contributed by atoms with Crippen molar-refractivity contribution in [2.45, 2.75) is 6.92 Å². The van der Waals surface area contributed by atoms with Crippen LogP contribution in [0.4, 0.5) is 0 Å². The molecule has 0 spiro atoms. The zero-order valence-corrected chi connectivity index (χ0v) is 6.75. The average molecular weight is 144 g/mol. The van der Waals surface area contributed by atoms with Gasteiger partial charge >= 0.3 is 0 Å². The number of benzene rings is 1. The van der Waals surface area contributed by atoms with E-state index in [-0.39, 0.29) is 0 Å². The number of hydrogen-bond donors (Lipinski definition) is 0. The van der Waals surface area contributed by atoms with Gasteiger partial charge in [-0.25, -0.2) is 0 Å². The smallest absolute Gasteiger partial charge is 0.0254 e. The maximum absolute atomic E-state index is 3.61. The number of allylic oxidation sites excluding steroid dienone is 2. The van der Waals surface area contributed by atoms with Crippen LogP contribution >= 0.6 is 0 Å². The van der Waals surface area contributed by atoms with E-state index < -0.39 is 0 Å². The van der Waals surface area contributed by atoms with Crippen LogP contribution in [0.15, 0.2) is 43.0 Å². The van der Waals surface area contributed by atoms with E-state index in [2.05, 4.69) is 37.8 Å². The molecule has 1 rings (SSSR count). The van der Waals surface area contributed by atoms with Gasteiger partial charge in [-0.15, -0.1) is 0 Å². The summed E-state index contributed by atoms with van der Waals surface area (Å²) in [5, 5.41) is 0. The zero-order valence-electron chi connectivity index (χ0n) is 6.75. The van der Waals surface area contributed by atoms with Gasteiger partial charge in [0.1, 0.15) is 0 Å². The Kier molecular flexibility index (Phi) is 2.67. The zero-order chi connectivity index (χ0) is 8.10. The Morgan fingerprint density at radius 2 is 2.18 bits per heavy atom. The van der Waals surface area contributed by atoms with E-state index >= 15 is 0 Å². The SMILES string of the molecule is C=C/C=C\c1cccc(C)c1. The fourth-order valence-corrected chi connectivity index (χ4v) is 0.953. The first-order valence-corrected chi connectivity index (χ1v) is 3.68. The molecule has 0 fully saturated rings. The fraction of sp³-hybridized carbons (Fsp3) is 0.0909. The van der Waals surface area contributed by atoms with Crippen LogP contribution in [0, 0.1) is 6.92 Å². The molecule has 56 valence electrons. The molecule has 0 unspecified atom stereocenters. The maximum Gasteiger partial charge on any atom is -0.0254 e. The second kappa shape index (κ2) is 3.77. The van der Waals surface area contributed by atoms with Gasteiger partial charge in [0.05, 0.1) is 0 Å². The van der Waals surface area contributed by atoms with E-state index in [0.717, 1.165) is 0 Å². The average Bonchev–Trinajstić information content (AvgIpc) is 2.01. The normalized spacial score (nSPS) is 10.3. The molecule has 0 aliphatic heterocycles. The van der Waals surface area contributed by atoms with Crippen LogP contribution < -0.4 is 0 Å². The predicted molar refractivity (Wildman–Crippen MR) is 50.4 cm³/mol. The molecule has 0 aliphatic carbocycles. The third-order valence-electron chi connectivity index (χ3n) is 1.47. The first-order valence-electron chi connectivity index (χ1n) is 3.68. The first-order chi connectivity index (χ1) is 5.33. The van der Waals surface area contributed by atoms with Crippen LogP contribution in [0.25, 0.3) is 6.08 Å². The van der Waals surface area contributed by atoms with Gasteiger partial charge in [-0.1, -0.05) is 54.6 Å². The van der Waals surface area contributed by atoms with Gasteiger partial charge in [0.15, 0.2) is 0 Å². The van der Waals surface area contributed by atoms with Gasteiger partial charge in [0, 0.05) is 0 Å². The first kappa shape index (κ1) is 7.80. The lowest BCUT2D eigenvalue weighted by Gasteiger charge is -1.93. The molecule has 1 aromatic carbocycles. The minimum Gasteiger partial charge on any atom is -0.0991 e. The van der Waals surface area contributed by atoms with Crippen LogP contribution in [-0.2, 0) is 0 Å². The summed E-state index contributed by atoms with van der Waals surface area (Å²) < 4.78 is 0. The van der Waals surface area contributed by atoms with Gasteiger partial charge < -0.3 is 0 Å². The molecule has 0 atom stereocenters. The minimum absolute atomic E-state index is 1.23. The van der Waals surface area contributed by atoms with Gasteiger partial charge in [0.2, 0.25) is 0 Å². The predicted octanol–water partition coefficient (Wildman–Crippen LogP) is 3.19. The Morgan fingerprint density at radius 3 is 2.82 bits per heavy atom. The molecule has 0 saturated carbocycles. The minimum atomic E-state index is 1.23. The summed E-state index contributed by atoms with van der Waals surface area (Å²) in [5.74, 6) is 0. The lowest BCUT2D eigenvalue weighted by molar-refractivity contribution is 1.46. The summed E-state index contributed by atoms with van der Waals surface area (Å²) in [6.07, 6.45) is 5.76. The Balaban J connectivity index is 2.87. The highest BCUT2D eigenvalue weighted by Crippen LogP contribution is 2.05. The molecule has 0 bridgehead atoms. The Morgan fingerprint density at radius 1 is 1.36 bits per heavy atom. The summed E-state index contributed by atoms with van der Waals surface area (Å²) >= 11 is 0. The molecule has 1 aromatic rings. The topological polar surface area (TPSA) is 0 Å². The Labute approximate surface area is 67.9 Å². The van der Waals surface area contributed by atoms with Crippen molar-refractivity contribution in [2.24, 2.45) is 0 Å². The second-order valence-corrected chi connectivity index (χ2v) is 2.51. The molecule has 0 aromatic heterocycles. The molecule has 0 aliphatic rings. The lowest BCUT2D eigenvalue weighted by atomic mass is 10.1. The second-order valence-electron chi connectivity index (χ2n) is 2.51. The molecule has 0 amide bonds. The monoisotopic (exact) mass is 144 g/mol. The molecule has 0 heteroatoms. The molecule has 11 heavy (non-hydrogen) atoms. The number of aryl methyl sites for hydroxylation is 1. The van der Waals surface area contributed by atoms with Crippen molar-refractivity contribution in [1.29, 1.82) is 0 Å². The number of rotatable bonds is 2. The fourth-order valence-electron chi connectivity index (χ4n) is 0.953. The summed E-state index contributed by atoms with van der Waals surface area (Å²) in [6.45, 7) is 5.70. The molecular weight excluding hydrogens is 132 g/mol. The Hall–Kier alpha value is -1.30. The summed E-state index contributed by atoms with van der Waals surface area (Å²) in [4.78, 5) is 0. The standard InChI is InChI=1S/C11H12/c1-3-4-7-11-8-5-6-10(2)9-11/h3-9H,1H2,2H3/b7-4-. The summed E-state index contributed by atoms with van der Waals surface area (Å²) in [7, 11) is 0. The third kappa shape index (κ3) is 2.42. The van der Waals surface area contributed by atoms with Crippen LogP contribution in [0.1, 0.15) is 11.1 Å². The summed E-state index contributed by atoms with van der Waals surface area (Å²) in [6, 6.07) is 8.36. The molecule has 0 N–H and O–H groups in total. The molecule has 0 saturated heterocycles. The van der Waals surface area contributed by atoms with Crippen molar-refractivity contribution in [3.8, 4) is 0 Å². The maximum atomic E-state index is 3.61. The van der Waals surface area contributed by atoms with E-state index in [9.17, 15) is 0 Å². The van der Waals surface area contributed by atoms with Crippen LogP contribution in [0.5, 0.6) is 0 Å². The van der Waals surface area contributed by atoms with Crippen molar-refractivity contribution in [1.82, 2.24) is 0 Å². The number of hydrogen-bond acceptors (Lipinski definition) is 0. The highest BCUT2D eigenvalue weighted by molar-refractivity contribution is 5.51. The molecule has 0 heterocycles. The van der Waals surface area contributed by atoms with Crippen LogP contribution in [-0.4, -0.2) is 0 Å². The van der Waals surface area contributed by atoms with Crippen molar-refractivity contribution >= 4 is 6.08 Å². The molecule has 0 radical (unpaired) electrons. The van der Waals surface area contributed by atoms with Crippen molar-refractivity contribution in [3.05, 3.63) is 54.1 Å². The summed E-state index contributed by atoms with van der Waals surface area (Å²) in [5.41, 5.74) is 2.51. The highest BCUT2D eigenvalue weighted by Gasteiger charge is 1.84. The van der Waals surface area contributed by atoms with E-state index in [1.807, 2.05) is 12.2 Å². The van der Waals surface area contributed by atoms with E-state index in [0.29, 0.717) is 0 Å². The van der Waals surface area contributed by atoms with Gasteiger partial charge in [-0.05, 0) is 12.5 Å². The quantitative estimate of drug-likeness (QED) is 0.559. The van der Waals surface area contributed by atoms with Crippen molar-refractivity contribution < 1.29 is 0 Å². The van der Waals surface area contributed by atoms with Crippen LogP contribution in [0.3, 0.4) is 0 Å². The van der Waals surface area contributed by atoms with Gasteiger partial charge in [-0.3, -0.25) is 0 Å². The Bertz CT molecular complexity index is 269. The van der Waals surface area contributed by atoms with E-state index in [1.54, 1.807) is 6.08 Å².